The van der Waals surface area contributed by atoms with E-state index in [0.717, 1.165) is 59.9 Å². The van der Waals surface area contributed by atoms with Gasteiger partial charge in [0.2, 0.25) is 0 Å². The molecule has 0 unspecified atom stereocenters. The standard InChI is InChI=1S/C28H23FN4/c29-22-12-10-19(11-13-22)27-24(23-8-4-5-9-26(23)31-27)18-33-15-14-25-21(17-33)16-30-28(32-25)20-6-2-1-3-7-20/h1-13,16,31H,14-15,17-18H2. The lowest BCUT2D eigenvalue weighted by Crippen LogP contribution is -2.31. The third kappa shape index (κ3) is 3.81. The molecule has 3 aromatic carbocycles. The van der Waals surface area contributed by atoms with Gasteiger partial charge in [-0.25, -0.2) is 14.4 Å². The minimum atomic E-state index is -0.223. The molecule has 33 heavy (non-hydrogen) atoms. The van der Waals surface area contributed by atoms with Crippen LogP contribution in [0.5, 0.6) is 0 Å². The largest absolute Gasteiger partial charge is 0.354 e. The predicted molar refractivity (Wildman–Crippen MR) is 129 cm³/mol. The summed E-state index contributed by atoms with van der Waals surface area (Å²) < 4.78 is 13.5. The third-order valence-corrected chi connectivity index (χ3v) is 6.37. The predicted octanol–water partition coefficient (Wildman–Crippen LogP) is 5.99. The number of halogens is 1. The first-order valence-electron chi connectivity index (χ1n) is 11.2. The smallest absolute Gasteiger partial charge is 0.159 e. The summed E-state index contributed by atoms with van der Waals surface area (Å²) in [5, 5.41) is 1.21. The molecular formula is C28H23FN4. The zero-order valence-electron chi connectivity index (χ0n) is 18.1. The van der Waals surface area contributed by atoms with E-state index in [2.05, 4.69) is 33.1 Å². The van der Waals surface area contributed by atoms with Crippen molar-refractivity contribution < 1.29 is 4.39 Å². The molecule has 3 heterocycles. The van der Waals surface area contributed by atoms with Gasteiger partial charge in [-0.3, -0.25) is 4.90 Å². The van der Waals surface area contributed by atoms with E-state index in [1.165, 1.54) is 28.6 Å². The van der Waals surface area contributed by atoms with Gasteiger partial charge in [-0.15, -0.1) is 0 Å². The van der Waals surface area contributed by atoms with E-state index in [4.69, 9.17) is 4.98 Å². The van der Waals surface area contributed by atoms with Gasteiger partial charge in [0.05, 0.1) is 11.4 Å². The van der Waals surface area contributed by atoms with E-state index < -0.39 is 0 Å². The van der Waals surface area contributed by atoms with Gasteiger partial charge < -0.3 is 4.98 Å². The highest BCUT2D eigenvalue weighted by atomic mass is 19.1. The van der Waals surface area contributed by atoms with Gasteiger partial charge in [0.25, 0.3) is 0 Å². The second kappa shape index (κ2) is 8.26. The molecule has 5 aromatic rings. The molecule has 0 aliphatic carbocycles. The first-order valence-corrected chi connectivity index (χ1v) is 11.2. The highest BCUT2D eigenvalue weighted by Gasteiger charge is 2.22. The molecule has 4 nitrogen and oxygen atoms in total. The summed E-state index contributed by atoms with van der Waals surface area (Å²) >= 11 is 0. The van der Waals surface area contributed by atoms with Crippen LogP contribution in [0.4, 0.5) is 4.39 Å². The number of aromatic nitrogens is 3. The second-order valence-corrected chi connectivity index (χ2v) is 8.52. The van der Waals surface area contributed by atoms with Crippen LogP contribution in [0.1, 0.15) is 16.8 Å². The Morgan fingerprint density at radius 2 is 1.67 bits per heavy atom. The maximum absolute atomic E-state index is 13.5. The van der Waals surface area contributed by atoms with Gasteiger partial charge in [0, 0.05) is 54.3 Å². The maximum atomic E-state index is 13.5. The Morgan fingerprint density at radius 3 is 2.52 bits per heavy atom. The van der Waals surface area contributed by atoms with Crippen LogP contribution in [-0.2, 0) is 19.5 Å². The monoisotopic (exact) mass is 434 g/mol. The summed E-state index contributed by atoms with van der Waals surface area (Å²) in [7, 11) is 0. The molecule has 2 aromatic heterocycles. The molecule has 162 valence electrons. The normalized spacial score (nSPS) is 13.8. The van der Waals surface area contributed by atoms with Crippen LogP contribution in [0.15, 0.2) is 85.1 Å². The van der Waals surface area contributed by atoms with Crippen molar-refractivity contribution in [2.75, 3.05) is 6.54 Å². The van der Waals surface area contributed by atoms with Crippen molar-refractivity contribution in [2.24, 2.45) is 0 Å². The number of hydrogen-bond donors (Lipinski definition) is 1. The van der Waals surface area contributed by atoms with Crippen molar-refractivity contribution in [3.63, 3.8) is 0 Å². The molecule has 0 radical (unpaired) electrons. The van der Waals surface area contributed by atoms with Crippen molar-refractivity contribution in [3.05, 3.63) is 108 Å². The van der Waals surface area contributed by atoms with Crippen LogP contribution in [0.25, 0.3) is 33.5 Å². The van der Waals surface area contributed by atoms with Crippen LogP contribution in [-0.4, -0.2) is 26.4 Å². The molecule has 6 rings (SSSR count). The molecule has 5 heteroatoms. The average Bonchev–Trinajstić information content (AvgIpc) is 3.23. The third-order valence-electron chi connectivity index (χ3n) is 6.37. The lowest BCUT2D eigenvalue weighted by molar-refractivity contribution is 0.244. The molecular weight excluding hydrogens is 411 g/mol. The van der Waals surface area contributed by atoms with E-state index >= 15 is 0 Å². The Labute approximate surface area is 191 Å². The van der Waals surface area contributed by atoms with Crippen LogP contribution in [0.2, 0.25) is 0 Å². The second-order valence-electron chi connectivity index (χ2n) is 8.52. The van der Waals surface area contributed by atoms with Gasteiger partial charge in [-0.1, -0.05) is 48.5 Å². The van der Waals surface area contributed by atoms with Crippen molar-refractivity contribution in [1.29, 1.82) is 0 Å². The van der Waals surface area contributed by atoms with Gasteiger partial charge in [0.1, 0.15) is 5.82 Å². The number of nitrogens with one attached hydrogen (secondary N) is 1. The Balaban J connectivity index is 1.31. The van der Waals surface area contributed by atoms with E-state index in [-0.39, 0.29) is 5.82 Å². The first kappa shape index (κ1) is 19.8. The van der Waals surface area contributed by atoms with Crippen molar-refractivity contribution in [1.82, 2.24) is 19.9 Å². The molecule has 0 bridgehead atoms. The summed E-state index contributed by atoms with van der Waals surface area (Å²) in [6.45, 7) is 2.55. The minimum Gasteiger partial charge on any atom is -0.354 e. The van der Waals surface area contributed by atoms with Gasteiger partial charge in [0.15, 0.2) is 5.82 Å². The number of aromatic amines is 1. The van der Waals surface area contributed by atoms with Crippen LogP contribution >= 0.6 is 0 Å². The van der Waals surface area contributed by atoms with Crippen molar-refractivity contribution >= 4 is 10.9 Å². The zero-order chi connectivity index (χ0) is 22.2. The number of para-hydroxylation sites is 1. The van der Waals surface area contributed by atoms with Crippen LogP contribution < -0.4 is 0 Å². The molecule has 1 N–H and O–H groups in total. The van der Waals surface area contributed by atoms with Crippen molar-refractivity contribution in [3.8, 4) is 22.6 Å². The molecule has 0 saturated carbocycles. The Kier molecular flexibility index (Phi) is 4.96. The number of rotatable bonds is 4. The maximum Gasteiger partial charge on any atom is 0.159 e. The molecule has 0 amide bonds. The van der Waals surface area contributed by atoms with E-state index in [9.17, 15) is 4.39 Å². The first-order chi connectivity index (χ1) is 16.2. The highest BCUT2D eigenvalue weighted by Crippen LogP contribution is 2.33. The average molecular weight is 435 g/mol. The summed E-state index contributed by atoms with van der Waals surface area (Å²) in [5.41, 5.74) is 7.75. The fraction of sp³-hybridized carbons (Fsp3) is 0.143. The SMILES string of the molecule is Fc1ccc(-c2[nH]c3ccccc3c2CN2CCc3nc(-c4ccccc4)ncc3C2)cc1. The number of fused-ring (bicyclic) bond motifs is 2. The van der Waals surface area contributed by atoms with Crippen LogP contribution in [0, 0.1) is 5.82 Å². The number of benzene rings is 3. The molecule has 1 aliphatic rings. The van der Waals surface area contributed by atoms with Gasteiger partial charge in [-0.05, 0) is 41.5 Å². The quantitative estimate of drug-likeness (QED) is 0.378. The fourth-order valence-electron chi connectivity index (χ4n) is 4.69. The Bertz CT molecular complexity index is 1420. The molecule has 0 spiro atoms. The minimum absolute atomic E-state index is 0.223. The molecule has 0 fully saturated rings. The lowest BCUT2D eigenvalue weighted by atomic mass is 10.0. The van der Waals surface area contributed by atoms with E-state index in [1.807, 2.05) is 54.7 Å². The Hall–Kier alpha value is -3.83. The fourth-order valence-corrected chi connectivity index (χ4v) is 4.69. The Morgan fingerprint density at radius 1 is 0.879 bits per heavy atom. The molecule has 0 atom stereocenters. The van der Waals surface area contributed by atoms with E-state index in [1.54, 1.807) is 0 Å². The van der Waals surface area contributed by atoms with Gasteiger partial charge >= 0.3 is 0 Å². The number of H-pyrrole nitrogens is 1. The molecule has 1 aliphatic heterocycles. The van der Waals surface area contributed by atoms with Crippen LogP contribution in [0.3, 0.4) is 0 Å². The summed E-state index contributed by atoms with van der Waals surface area (Å²) in [6, 6.07) is 25.2. The summed E-state index contributed by atoms with van der Waals surface area (Å²) in [6.07, 6.45) is 2.87. The van der Waals surface area contributed by atoms with Crippen molar-refractivity contribution in [2.45, 2.75) is 19.5 Å². The van der Waals surface area contributed by atoms with Gasteiger partial charge in [-0.2, -0.15) is 0 Å². The highest BCUT2D eigenvalue weighted by molar-refractivity contribution is 5.90. The zero-order valence-corrected chi connectivity index (χ0v) is 18.1. The van der Waals surface area contributed by atoms with E-state index in [0.29, 0.717) is 0 Å². The lowest BCUT2D eigenvalue weighted by Gasteiger charge is -2.28. The number of hydrogen-bond acceptors (Lipinski definition) is 3. The molecule has 0 saturated heterocycles. The summed E-state index contributed by atoms with van der Waals surface area (Å²) in [4.78, 5) is 15.5. The summed E-state index contributed by atoms with van der Waals surface area (Å²) in [5.74, 6) is 0.567. The number of nitrogens with zero attached hydrogens (tertiary/aromatic N) is 3. The topological polar surface area (TPSA) is 44.8 Å².